The summed E-state index contributed by atoms with van der Waals surface area (Å²) in [4.78, 5) is 34.0. The van der Waals surface area contributed by atoms with Crippen LogP contribution in [0.3, 0.4) is 0 Å². The Morgan fingerprint density at radius 2 is 1.71 bits per heavy atom. The minimum atomic E-state index is -0.595. The van der Waals surface area contributed by atoms with E-state index in [1.807, 2.05) is 40.2 Å². The fraction of sp³-hybridized carbons (Fsp3) is 0.697. The first kappa shape index (κ1) is 29.6. The fourth-order valence-electron chi connectivity index (χ4n) is 8.51. The van der Waals surface area contributed by atoms with E-state index in [0.29, 0.717) is 42.3 Å². The van der Waals surface area contributed by atoms with Crippen LogP contribution in [0.25, 0.3) is 0 Å². The summed E-state index contributed by atoms with van der Waals surface area (Å²) in [6, 6.07) is 6.81. The first-order valence-electron chi connectivity index (χ1n) is 16.4. The number of hydrogen-bond donors (Lipinski definition) is 2. The zero-order valence-electron chi connectivity index (χ0n) is 24.9. The first-order valence-corrected chi connectivity index (χ1v) is 16.8. The van der Waals surface area contributed by atoms with Gasteiger partial charge in [-0.1, -0.05) is 62.3 Å². The van der Waals surface area contributed by atoms with E-state index >= 15 is 0 Å². The van der Waals surface area contributed by atoms with Gasteiger partial charge in [-0.25, -0.2) is 4.98 Å². The summed E-state index contributed by atoms with van der Waals surface area (Å²) in [7, 11) is 0. The van der Waals surface area contributed by atoms with Gasteiger partial charge in [0.1, 0.15) is 18.7 Å². The number of nitrogens with one attached hydrogen (secondary N) is 2. The quantitative estimate of drug-likeness (QED) is 0.448. The van der Waals surface area contributed by atoms with Gasteiger partial charge >= 0.3 is 0 Å². The lowest BCUT2D eigenvalue weighted by atomic mass is 9.63. The molecule has 228 valence electrons. The van der Waals surface area contributed by atoms with E-state index in [1.54, 1.807) is 6.33 Å². The van der Waals surface area contributed by atoms with Crippen molar-refractivity contribution in [3.05, 3.63) is 47.5 Å². The molecule has 0 spiro atoms. The normalized spacial score (nSPS) is 27.2. The number of nitrogens with zero attached hydrogens (tertiary/aromatic N) is 4. The molecule has 2 aliphatic heterocycles. The van der Waals surface area contributed by atoms with Gasteiger partial charge in [0.25, 0.3) is 0 Å². The van der Waals surface area contributed by atoms with Crippen LogP contribution in [-0.2, 0) is 22.6 Å². The molecule has 1 aromatic carbocycles. The van der Waals surface area contributed by atoms with E-state index in [4.69, 9.17) is 11.6 Å². The van der Waals surface area contributed by atoms with Crippen LogP contribution in [0.2, 0.25) is 5.02 Å². The van der Waals surface area contributed by atoms with Gasteiger partial charge in [0.2, 0.25) is 11.8 Å². The lowest BCUT2D eigenvalue weighted by molar-refractivity contribution is -0.140. The number of piperidine rings is 2. The molecule has 1 aromatic heterocycles. The molecule has 2 aliphatic carbocycles. The van der Waals surface area contributed by atoms with Crippen molar-refractivity contribution >= 4 is 23.4 Å². The molecule has 4 fully saturated rings. The molecular formula is C33H47ClN6O2. The third-order valence-electron chi connectivity index (χ3n) is 11.0. The molecule has 4 atom stereocenters. The van der Waals surface area contributed by atoms with Gasteiger partial charge in [-0.15, -0.1) is 0 Å². The number of likely N-dealkylation sites (tertiary alicyclic amines) is 1. The van der Waals surface area contributed by atoms with Crippen molar-refractivity contribution in [3.63, 3.8) is 0 Å². The number of aromatic nitrogens is 3. The molecule has 0 radical (unpaired) electrons. The van der Waals surface area contributed by atoms with Gasteiger partial charge in [0.15, 0.2) is 0 Å². The Bertz CT molecular complexity index is 1170. The van der Waals surface area contributed by atoms with Crippen molar-refractivity contribution in [2.24, 2.45) is 23.2 Å². The predicted octanol–water partition coefficient (Wildman–Crippen LogP) is 5.02. The van der Waals surface area contributed by atoms with E-state index in [1.165, 1.54) is 57.8 Å². The second kappa shape index (κ2) is 13.5. The standard InChI is InChI=1S/C33H47ClN6O2/c34-28-12-10-24(11-13-28)18-30(38-31(41)29-19-25-6-4-5-7-26(25)20-36-29)32(42)39-16-14-33(15-17-39,21-40-23-35-22-37-40)27-8-2-1-3-9-27/h10-13,22-23,25-27,29-30,36H,1-9,14-21H2,(H,38,41)/t25?,26?,29-,30-/m1/s1. The fourth-order valence-corrected chi connectivity index (χ4v) is 8.64. The predicted molar refractivity (Wildman–Crippen MR) is 164 cm³/mol. The van der Waals surface area contributed by atoms with Crippen molar-refractivity contribution in [2.75, 3.05) is 19.6 Å². The zero-order valence-corrected chi connectivity index (χ0v) is 25.6. The number of fused-ring (bicyclic) bond motifs is 1. The molecule has 6 rings (SSSR count). The van der Waals surface area contributed by atoms with E-state index in [9.17, 15) is 9.59 Å². The van der Waals surface area contributed by atoms with Gasteiger partial charge in [-0.3, -0.25) is 14.3 Å². The Morgan fingerprint density at radius 1 is 1.00 bits per heavy atom. The van der Waals surface area contributed by atoms with Crippen LogP contribution >= 0.6 is 11.6 Å². The number of hydrogen-bond acceptors (Lipinski definition) is 5. The second-order valence-corrected chi connectivity index (χ2v) is 13.9. The Kier molecular flexibility index (Phi) is 9.49. The van der Waals surface area contributed by atoms with Crippen LogP contribution in [0.5, 0.6) is 0 Å². The van der Waals surface area contributed by atoms with Crippen LogP contribution in [0.15, 0.2) is 36.9 Å². The van der Waals surface area contributed by atoms with E-state index < -0.39 is 6.04 Å². The summed E-state index contributed by atoms with van der Waals surface area (Å²) in [5.41, 5.74) is 1.13. The van der Waals surface area contributed by atoms with Gasteiger partial charge in [0, 0.05) is 31.1 Å². The van der Waals surface area contributed by atoms with Crippen LogP contribution in [0, 0.1) is 23.2 Å². The van der Waals surface area contributed by atoms with Crippen molar-refractivity contribution in [1.29, 1.82) is 0 Å². The monoisotopic (exact) mass is 594 g/mol. The molecule has 8 nitrogen and oxygen atoms in total. The van der Waals surface area contributed by atoms with Gasteiger partial charge in [-0.2, -0.15) is 5.10 Å². The zero-order chi connectivity index (χ0) is 28.9. The maximum absolute atomic E-state index is 14.2. The number of amides is 2. The average Bonchev–Trinajstić information content (AvgIpc) is 3.55. The molecule has 2 unspecified atom stereocenters. The summed E-state index contributed by atoms with van der Waals surface area (Å²) >= 11 is 6.15. The number of carbonyl (C=O) groups excluding carboxylic acids is 2. The maximum Gasteiger partial charge on any atom is 0.245 e. The number of halogens is 1. The summed E-state index contributed by atoms with van der Waals surface area (Å²) in [5, 5.41) is 11.8. The number of benzene rings is 1. The SMILES string of the molecule is O=C(N[C@H](Cc1ccc(Cl)cc1)C(=O)N1CCC(Cn2cncn2)(C2CCCCC2)CC1)[C@H]1CC2CCCCC2CN1. The molecular weight excluding hydrogens is 548 g/mol. The number of carbonyl (C=O) groups is 2. The largest absolute Gasteiger partial charge is 0.343 e. The molecule has 2 saturated heterocycles. The highest BCUT2D eigenvalue weighted by Crippen LogP contribution is 2.47. The summed E-state index contributed by atoms with van der Waals surface area (Å²) < 4.78 is 1.99. The third kappa shape index (κ3) is 6.85. The molecule has 42 heavy (non-hydrogen) atoms. The Balaban J connectivity index is 1.15. The molecule has 2 amide bonds. The molecule has 2 aromatic rings. The van der Waals surface area contributed by atoms with Crippen LogP contribution in [-0.4, -0.2) is 63.2 Å². The molecule has 2 N–H and O–H groups in total. The lowest BCUT2D eigenvalue weighted by Crippen LogP contribution is -2.58. The smallest absolute Gasteiger partial charge is 0.245 e. The Hall–Kier alpha value is -2.45. The molecule has 0 bridgehead atoms. The highest BCUT2D eigenvalue weighted by molar-refractivity contribution is 6.30. The maximum atomic E-state index is 14.2. The second-order valence-electron chi connectivity index (χ2n) is 13.5. The molecule has 2 saturated carbocycles. The van der Waals surface area contributed by atoms with Crippen LogP contribution in [0.1, 0.15) is 82.6 Å². The molecule has 3 heterocycles. The van der Waals surface area contributed by atoms with E-state index in [0.717, 1.165) is 37.9 Å². The minimum absolute atomic E-state index is 0.0302. The van der Waals surface area contributed by atoms with Gasteiger partial charge in [0.05, 0.1) is 6.04 Å². The molecule has 4 aliphatic rings. The molecule has 9 heteroatoms. The highest BCUT2D eigenvalue weighted by atomic mass is 35.5. The topological polar surface area (TPSA) is 92.2 Å². The average molecular weight is 595 g/mol. The van der Waals surface area contributed by atoms with Crippen LogP contribution < -0.4 is 10.6 Å². The summed E-state index contributed by atoms with van der Waals surface area (Å²) in [6.07, 6.45) is 18.2. The van der Waals surface area contributed by atoms with Gasteiger partial charge in [-0.05, 0) is 85.9 Å². The van der Waals surface area contributed by atoms with Crippen molar-refractivity contribution in [3.8, 4) is 0 Å². The Morgan fingerprint density at radius 3 is 2.43 bits per heavy atom. The first-order chi connectivity index (χ1) is 20.5. The lowest BCUT2D eigenvalue weighted by Gasteiger charge is -2.48. The third-order valence-corrected chi connectivity index (χ3v) is 11.3. The van der Waals surface area contributed by atoms with Gasteiger partial charge < -0.3 is 15.5 Å². The highest BCUT2D eigenvalue weighted by Gasteiger charge is 2.44. The van der Waals surface area contributed by atoms with Crippen LogP contribution in [0.4, 0.5) is 0 Å². The summed E-state index contributed by atoms with van der Waals surface area (Å²) in [6.45, 7) is 3.19. The Labute approximate surface area is 255 Å². The van der Waals surface area contributed by atoms with Crippen molar-refractivity contribution in [2.45, 2.75) is 102 Å². The van der Waals surface area contributed by atoms with E-state index in [2.05, 4.69) is 20.7 Å². The van der Waals surface area contributed by atoms with Crippen molar-refractivity contribution in [1.82, 2.24) is 30.3 Å². The van der Waals surface area contributed by atoms with E-state index in [-0.39, 0.29) is 23.3 Å². The number of rotatable bonds is 8. The van der Waals surface area contributed by atoms with Crippen molar-refractivity contribution < 1.29 is 9.59 Å². The minimum Gasteiger partial charge on any atom is -0.343 e. The summed E-state index contributed by atoms with van der Waals surface area (Å²) in [5.74, 6) is 1.94.